The summed E-state index contributed by atoms with van der Waals surface area (Å²) in [4.78, 5) is 15.4. The number of hydrogen-bond acceptors (Lipinski definition) is 4. The number of primary amides is 1. The highest BCUT2D eigenvalue weighted by molar-refractivity contribution is 5.97. The van der Waals surface area contributed by atoms with Gasteiger partial charge in [-0.1, -0.05) is 24.3 Å². The Kier molecular flexibility index (Phi) is 3.81. The third-order valence-electron chi connectivity index (χ3n) is 3.93. The van der Waals surface area contributed by atoms with Crippen LogP contribution in [0.15, 0.2) is 60.8 Å². The molecule has 7 heteroatoms. The first kappa shape index (κ1) is 15.8. The highest BCUT2D eigenvalue weighted by atomic mass is 19.1. The number of para-hydroxylation sites is 1. The van der Waals surface area contributed by atoms with E-state index >= 15 is 0 Å². The number of halogens is 1. The van der Waals surface area contributed by atoms with Crippen molar-refractivity contribution in [2.45, 2.75) is 0 Å². The first-order valence-electron chi connectivity index (χ1n) is 7.79. The standard InChI is InChI=1S/C19H13FN4O2/c20-13-3-1-2-4-14(13)26-15-9-10-22-19-16(15)17(23-24-19)11-5-7-12(8-6-11)18(21)25/h1-10H,(H2,21,25)(H,22,23,24). The fourth-order valence-corrected chi connectivity index (χ4v) is 2.66. The van der Waals surface area contributed by atoms with E-state index in [-0.39, 0.29) is 5.75 Å². The number of aromatic amines is 1. The molecule has 2 aromatic heterocycles. The van der Waals surface area contributed by atoms with Crippen LogP contribution in [0.25, 0.3) is 22.3 Å². The number of carbonyl (C=O) groups excluding carboxylic acids is 1. The minimum Gasteiger partial charge on any atom is -0.453 e. The van der Waals surface area contributed by atoms with E-state index in [2.05, 4.69) is 15.2 Å². The predicted molar refractivity (Wildman–Crippen MR) is 94.3 cm³/mol. The van der Waals surface area contributed by atoms with Gasteiger partial charge in [-0.2, -0.15) is 5.10 Å². The number of carbonyl (C=O) groups is 1. The number of rotatable bonds is 4. The molecule has 1 amide bonds. The van der Waals surface area contributed by atoms with E-state index in [4.69, 9.17) is 10.5 Å². The minimum atomic E-state index is -0.503. The third kappa shape index (κ3) is 2.75. The molecule has 0 bridgehead atoms. The number of H-pyrrole nitrogens is 1. The number of hydrogen-bond donors (Lipinski definition) is 2. The largest absolute Gasteiger partial charge is 0.453 e. The van der Waals surface area contributed by atoms with E-state index in [0.29, 0.717) is 28.0 Å². The lowest BCUT2D eigenvalue weighted by molar-refractivity contribution is 0.100. The molecule has 0 fully saturated rings. The highest BCUT2D eigenvalue weighted by Crippen LogP contribution is 2.35. The van der Waals surface area contributed by atoms with Crippen LogP contribution in [0.1, 0.15) is 10.4 Å². The van der Waals surface area contributed by atoms with E-state index in [1.54, 1.807) is 54.7 Å². The summed E-state index contributed by atoms with van der Waals surface area (Å²) in [7, 11) is 0. The van der Waals surface area contributed by atoms with Gasteiger partial charge in [0, 0.05) is 17.3 Å². The number of ether oxygens (including phenoxy) is 1. The molecule has 128 valence electrons. The van der Waals surface area contributed by atoms with E-state index in [9.17, 15) is 9.18 Å². The Morgan fingerprint density at radius 2 is 1.81 bits per heavy atom. The number of pyridine rings is 1. The second-order valence-corrected chi connectivity index (χ2v) is 5.58. The minimum absolute atomic E-state index is 0.108. The van der Waals surface area contributed by atoms with Crippen LogP contribution in [0.5, 0.6) is 11.5 Å². The van der Waals surface area contributed by atoms with Gasteiger partial charge in [0.2, 0.25) is 5.91 Å². The molecule has 0 aliphatic carbocycles. The summed E-state index contributed by atoms with van der Waals surface area (Å²) in [6, 6.07) is 14.5. The maximum absolute atomic E-state index is 13.9. The number of fused-ring (bicyclic) bond motifs is 1. The molecule has 0 atom stereocenters. The Balaban J connectivity index is 1.82. The number of benzene rings is 2. The van der Waals surface area contributed by atoms with Crippen molar-refractivity contribution in [1.82, 2.24) is 15.2 Å². The van der Waals surface area contributed by atoms with Crippen molar-refractivity contribution in [2.75, 3.05) is 0 Å². The highest BCUT2D eigenvalue weighted by Gasteiger charge is 2.16. The number of nitrogens with one attached hydrogen (secondary N) is 1. The van der Waals surface area contributed by atoms with Gasteiger partial charge in [-0.05, 0) is 30.3 Å². The zero-order chi connectivity index (χ0) is 18.1. The Hall–Kier alpha value is -3.74. The average Bonchev–Trinajstić information content (AvgIpc) is 3.09. The van der Waals surface area contributed by atoms with Crippen LogP contribution >= 0.6 is 0 Å². The van der Waals surface area contributed by atoms with E-state index in [1.165, 1.54) is 6.07 Å². The van der Waals surface area contributed by atoms with Gasteiger partial charge < -0.3 is 10.5 Å². The molecule has 0 spiro atoms. The Morgan fingerprint density at radius 1 is 1.04 bits per heavy atom. The Labute approximate surface area is 147 Å². The van der Waals surface area contributed by atoms with Crippen molar-refractivity contribution in [3.05, 3.63) is 72.2 Å². The topological polar surface area (TPSA) is 93.9 Å². The number of nitrogens with zero attached hydrogens (tertiary/aromatic N) is 2. The number of amides is 1. The maximum atomic E-state index is 13.9. The van der Waals surface area contributed by atoms with Gasteiger partial charge in [0.25, 0.3) is 0 Å². The van der Waals surface area contributed by atoms with Crippen LogP contribution < -0.4 is 10.5 Å². The average molecular weight is 348 g/mol. The molecule has 0 saturated carbocycles. The molecule has 0 aliphatic rings. The summed E-state index contributed by atoms with van der Waals surface area (Å²) in [5.41, 5.74) is 7.53. The molecule has 2 heterocycles. The van der Waals surface area contributed by atoms with Crippen LogP contribution in [-0.2, 0) is 0 Å². The molecule has 0 aliphatic heterocycles. The first-order chi connectivity index (χ1) is 12.6. The SMILES string of the molecule is NC(=O)c1ccc(-c2[nH]nc3nccc(Oc4ccccc4F)c23)cc1. The zero-order valence-corrected chi connectivity index (χ0v) is 13.4. The summed E-state index contributed by atoms with van der Waals surface area (Å²) in [6.07, 6.45) is 1.54. The molecular formula is C19H13FN4O2. The monoisotopic (exact) mass is 348 g/mol. The molecular weight excluding hydrogens is 335 g/mol. The second kappa shape index (κ2) is 6.29. The molecule has 0 radical (unpaired) electrons. The first-order valence-corrected chi connectivity index (χ1v) is 7.79. The van der Waals surface area contributed by atoms with E-state index in [1.807, 2.05) is 0 Å². The summed E-state index contributed by atoms with van der Waals surface area (Å²) >= 11 is 0. The van der Waals surface area contributed by atoms with Crippen LogP contribution in [0.3, 0.4) is 0 Å². The molecule has 26 heavy (non-hydrogen) atoms. The van der Waals surface area contributed by atoms with Gasteiger partial charge in [-0.15, -0.1) is 0 Å². The van der Waals surface area contributed by atoms with Gasteiger partial charge in [0.15, 0.2) is 17.2 Å². The summed E-state index contributed by atoms with van der Waals surface area (Å²) in [6.45, 7) is 0. The zero-order valence-electron chi connectivity index (χ0n) is 13.4. The van der Waals surface area contributed by atoms with Crippen molar-refractivity contribution >= 4 is 16.9 Å². The van der Waals surface area contributed by atoms with Gasteiger partial charge in [0.05, 0.1) is 11.1 Å². The summed E-state index contributed by atoms with van der Waals surface area (Å²) in [5, 5.41) is 7.71. The van der Waals surface area contributed by atoms with Gasteiger partial charge >= 0.3 is 0 Å². The van der Waals surface area contributed by atoms with Crippen molar-refractivity contribution < 1.29 is 13.9 Å². The van der Waals surface area contributed by atoms with Crippen molar-refractivity contribution in [2.24, 2.45) is 5.73 Å². The smallest absolute Gasteiger partial charge is 0.248 e. The fraction of sp³-hybridized carbons (Fsp3) is 0. The Bertz CT molecular complexity index is 1110. The van der Waals surface area contributed by atoms with Gasteiger partial charge in [-0.3, -0.25) is 9.89 Å². The van der Waals surface area contributed by atoms with Crippen LogP contribution in [0, 0.1) is 5.82 Å². The predicted octanol–water partition coefficient (Wildman–Crippen LogP) is 3.66. The molecule has 6 nitrogen and oxygen atoms in total. The third-order valence-corrected chi connectivity index (χ3v) is 3.93. The fourth-order valence-electron chi connectivity index (χ4n) is 2.66. The quantitative estimate of drug-likeness (QED) is 0.588. The summed E-state index contributed by atoms with van der Waals surface area (Å²) < 4.78 is 19.7. The second-order valence-electron chi connectivity index (χ2n) is 5.58. The van der Waals surface area contributed by atoms with Crippen LogP contribution in [0.4, 0.5) is 4.39 Å². The lowest BCUT2D eigenvalue weighted by atomic mass is 10.1. The summed E-state index contributed by atoms with van der Waals surface area (Å²) in [5.74, 6) is -0.441. The Morgan fingerprint density at radius 3 is 2.54 bits per heavy atom. The maximum Gasteiger partial charge on any atom is 0.248 e. The van der Waals surface area contributed by atoms with Crippen molar-refractivity contribution in [3.63, 3.8) is 0 Å². The number of nitrogens with two attached hydrogens (primary N) is 1. The number of aromatic nitrogens is 3. The van der Waals surface area contributed by atoms with Crippen LogP contribution in [-0.4, -0.2) is 21.1 Å². The van der Waals surface area contributed by atoms with Gasteiger partial charge in [-0.25, -0.2) is 9.37 Å². The normalized spacial score (nSPS) is 10.8. The van der Waals surface area contributed by atoms with Crippen molar-refractivity contribution in [3.8, 4) is 22.8 Å². The molecule has 4 rings (SSSR count). The van der Waals surface area contributed by atoms with Crippen LogP contribution in [0.2, 0.25) is 0 Å². The molecule has 2 aromatic carbocycles. The van der Waals surface area contributed by atoms with Crippen molar-refractivity contribution in [1.29, 1.82) is 0 Å². The van der Waals surface area contributed by atoms with E-state index in [0.717, 1.165) is 5.56 Å². The molecule has 0 unspecified atom stereocenters. The van der Waals surface area contributed by atoms with E-state index < -0.39 is 11.7 Å². The lowest BCUT2D eigenvalue weighted by Crippen LogP contribution is -2.10. The molecule has 3 N–H and O–H groups in total. The molecule has 0 saturated heterocycles. The lowest BCUT2D eigenvalue weighted by Gasteiger charge is -2.08. The van der Waals surface area contributed by atoms with Gasteiger partial charge in [0.1, 0.15) is 5.75 Å². The molecule has 4 aromatic rings.